The van der Waals surface area contributed by atoms with Crippen molar-refractivity contribution >= 4 is 21.7 Å². The van der Waals surface area contributed by atoms with Crippen molar-refractivity contribution in [1.82, 2.24) is 4.98 Å². The second-order valence-electron chi connectivity index (χ2n) is 4.73. The van der Waals surface area contributed by atoms with Crippen LogP contribution in [-0.2, 0) is 20.4 Å². The fourth-order valence-corrected chi connectivity index (χ4v) is 2.33. The molecule has 0 radical (unpaired) electrons. The average Bonchev–Trinajstić information content (AvgIpc) is 2.57. The fraction of sp³-hybridized carbons (Fsp3) is 0. The minimum atomic E-state index is 0. The standard InChI is InChI=1S/C14H10N.C6H5.CH3.Pd/c1-10-4-2-5-11-7-8-12-6-3-9-15-14(12)13(10)11;1-2-4-6-5-3-1;;/h2-9H,1H2;1-5H;1H3;/q3*-1;. The van der Waals surface area contributed by atoms with Crippen molar-refractivity contribution < 1.29 is 20.4 Å². The van der Waals surface area contributed by atoms with Crippen LogP contribution in [0.2, 0.25) is 0 Å². The minimum absolute atomic E-state index is 0. The summed E-state index contributed by atoms with van der Waals surface area (Å²) in [6.45, 7) is 4.06. The maximum Gasteiger partial charge on any atom is 0.0262 e. The Morgan fingerprint density at radius 3 is 2.13 bits per heavy atom. The van der Waals surface area contributed by atoms with Crippen molar-refractivity contribution in [2.24, 2.45) is 0 Å². The average molecular weight is 391 g/mol. The Morgan fingerprint density at radius 1 is 0.783 bits per heavy atom. The summed E-state index contributed by atoms with van der Waals surface area (Å²) in [7, 11) is 0. The predicted molar refractivity (Wildman–Crippen MR) is 95.4 cm³/mol. The Labute approximate surface area is 152 Å². The van der Waals surface area contributed by atoms with Gasteiger partial charge in [0, 0.05) is 32.1 Å². The van der Waals surface area contributed by atoms with Crippen LogP contribution < -0.4 is 0 Å². The van der Waals surface area contributed by atoms with Gasteiger partial charge in [-0.2, -0.15) is 55.0 Å². The second-order valence-corrected chi connectivity index (χ2v) is 4.73. The smallest absolute Gasteiger partial charge is 0.0262 e. The minimum Gasteiger partial charge on any atom is -0.358 e. The van der Waals surface area contributed by atoms with E-state index in [4.69, 9.17) is 0 Å². The SMILES string of the molecule is [CH2-]c1cccc2ccc3cccnc3c12.[CH3-].[Pd].[c-]1ccccc1. The van der Waals surface area contributed by atoms with Crippen molar-refractivity contribution in [3.8, 4) is 0 Å². The zero-order chi connectivity index (χ0) is 14.5. The van der Waals surface area contributed by atoms with Crippen LogP contribution in [0, 0.1) is 20.4 Å². The monoisotopic (exact) mass is 390 g/mol. The number of hydrogen-bond donors (Lipinski definition) is 0. The third-order valence-corrected chi connectivity index (χ3v) is 3.31. The Kier molecular flexibility index (Phi) is 7.48. The van der Waals surface area contributed by atoms with Crippen LogP contribution in [0.3, 0.4) is 0 Å². The number of pyridine rings is 1. The second kappa shape index (κ2) is 9.10. The van der Waals surface area contributed by atoms with E-state index in [-0.39, 0.29) is 27.8 Å². The van der Waals surface area contributed by atoms with E-state index in [1.54, 1.807) is 0 Å². The first-order chi connectivity index (χ1) is 10.4. The molecule has 4 rings (SSSR count). The molecule has 0 saturated carbocycles. The van der Waals surface area contributed by atoms with Crippen LogP contribution in [0.4, 0.5) is 0 Å². The summed E-state index contributed by atoms with van der Waals surface area (Å²) in [4.78, 5) is 4.43. The quantitative estimate of drug-likeness (QED) is 0.219. The van der Waals surface area contributed by atoms with Crippen LogP contribution in [0.25, 0.3) is 21.7 Å². The summed E-state index contributed by atoms with van der Waals surface area (Å²) < 4.78 is 0. The maximum absolute atomic E-state index is 4.43. The van der Waals surface area contributed by atoms with Gasteiger partial charge in [-0.05, 0) is 11.5 Å². The molecule has 0 aliphatic heterocycles. The molecule has 1 nitrogen and oxygen atoms in total. The van der Waals surface area contributed by atoms with E-state index in [1.807, 2.05) is 54.7 Å². The molecule has 0 unspecified atom stereocenters. The number of rotatable bonds is 0. The van der Waals surface area contributed by atoms with Crippen molar-refractivity contribution in [3.05, 3.63) is 105 Å². The van der Waals surface area contributed by atoms with Gasteiger partial charge in [-0.25, -0.2) is 0 Å². The number of nitrogens with zero attached hydrogens (tertiary/aromatic N) is 1. The number of aromatic nitrogens is 1. The molecule has 1 heterocycles. The van der Waals surface area contributed by atoms with Crippen LogP contribution >= 0.6 is 0 Å². The van der Waals surface area contributed by atoms with Crippen molar-refractivity contribution in [1.29, 1.82) is 0 Å². The third-order valence-electron chi connectivity index (χ3n) is 3.31. The molecule has 120 valence electrons. The summed E-state index contributed by atoms with van der Waals surface area (Å²) >= 11 is 0. The van der Waals surface area contributed by atoms with E-state index < -0.39 is 0 Å². The molecule has 2 heteroatoms. The van der Waals surface area contributed by atoms with Gasteiger partial charge in [-0.15, -0.1) is 6.07 Å². The Morgan fingerprint density at radius 2 is 1.48 bits per heavy atom. The van der Waals surface area contributed by atoms with E-state index in [0.29, 0.717) is 0 Å². The molecule has 0 amide bonds. The van der Waals surface area contributed by atoms with Crippen molar-refractivity contribution in [2.45, 2.75) is 0 Å². The molecule has 0 fully saturated rings. The van der Waals surface area contributed by atoms with Gasteiger partial charge < -0.3 is 7.43 Å². The third kappa shape index (κ3) is 4.42. The largest absolute Gasteiger partial charge is 0.358 e. The Balaban J connectivity index is 0.000000285. The van der Waals surface area contributed by atoms with Crippen molar-refractivity contribution in [2.75, 3.05) is 0 Å². The van der Waals surface area contributed by atoms with E-state index >= 15 is 0 Å². The summed E-state index contributed by atoms with van der Waals surface area (Å²) in [5.41, 5.74) is 2.08. The Bertz CT molecular complexity index is 830. The first-order valence-corrected chi connectivity index (χ1v) is 6.86. The van der Waals surface area contributed by atoms with E-state index in [1.165, 1.54) is 10.8 Å². The Hall–Kier alpha value is -2.14. The molecule has 23 heavy (non-hydrogen) atoms. The molecule has 4 aromatic rings. The molecule has 0 saturated heterocycles. The first kappa shape index (κ1) is 18.9. The molecule has 0 bridgehead atoms. The molecule has 0 aliphatic carbocycles. The molecule has 0 aliphatic rings. The molecule has 3 aromatic carbocycles. The van der Waals surface area contributed by atoms with Crippen LogP contribution in [0.5, 0.6) is 0 Å². The zero-order valence-corrected chi connectivity index (χ0v) is 14.5. The van der Waals surface area contributed by atoms with Crippen molar-refractivity contribution in [3.63, 3.8) is 0 Å². The molecule has 0 atom stereocenters. The molecule has 1 aromatic heterocycles. The number of hydrogen-bond acceptors (Lipinski definition) is 1. The first-order valence-electron chi connectivity index (χ1n) is 6.86. The van der Waals surface area contributed by atoms with E-state index in [0.717, 1.165) is 16.5 Å². The topological polar surface area (TPSA) is 12.9 Å². The van der Waals surface area contributed by atoms with Gasteiger partial charge in [0.05, 0.1) is 0 Å². The molecule has 0 spiro atoms. The predicted octanol–water partition coefficient (Wildman–Crippen LogP) is 5.50. The molecular weight excluding hydrogens is 373 g/mol. The van der Waals surface area contributed by atoms with Gasteiger partial charge in [0.15, 0.2) is 0 Å². The molecular formula is C21H18NPd-3. The van der Waals surface area contributed by atoms with Gasteiger partial charge in [0.2, 0.25) is 0 Å². The maximum atomic E-state index is 4.43. The number of benzene rings is 3. The van der Waals surface area contributed by atoms with Crippen LogP contribution in [0.1, 0.15) is 5.56 Å². The van der Waals surface area contributed by atoms with Gasteiger partial charge in [-0.1, -0.05) is 35.0 Å². The zero-order valence-electron chi connectivity index (χ0n) is 13.0. The fourth-order valence-electron chi connectivity index (χ4n) is 2.33. The van der Waals surface area contributed by atoms with Crippen LogP contribution in [-0.4, -0.2) is 4.98 Å². The summed E-state index contributed by atoms with van der Waals surface area (Å²) in [5, 5.41) is 3.53. The normalized spacial score (nSPS) is 9.22. The summed E-state index contributed by atoms with van der Waals surface area (Å²) in [6, 6.07) is 26.9. The molecule has 0 N–H and O–H groups in total. The summed E-state index contributed by atoms with van der Waals surface area (Å²) in [5.74, 6) is 0. The van der Waals surface area contributed by atoms with E-state index in [9.17, 15) is 0 Å². The van der Waals surface area contributed by atoms with Crippen LogP contribution in [0.15, 0.2) is 79.0 Å². The summed E-state index contributed by atoms with van der Waals surface area (Å²) in [6.07, 6.45) is 1.83. The van der Waals surface area contributed by atoms with Gasteiger partial charge in [0.25, 0.3) is 0 Å². The van der Waals surface area contributed by atoms with Gasteiger partial charge in [0.1, 0.15) is 0 Å². The van der Waals surface area contributed by atoms with E-state index in [2.05, 4.69) is 42.2 Å². The number of fused-ring (bicyclic) bond motifs is 3. The van der Waals surface area contributed by atoms with Gasteiger partial charge in [-0.3, -0.25) is 4.98 Å². The van der Waals surface area contributed by atoms with Gasteiger partial charge >= 0.3 is 0 Å².